The molecule has 0 bridgehead atoms. The first-order valence-electron chi connectivity index (χ1n) is 10.2. The lowest BCUT2D eigenvalue weighted by Gasteiger charge is -2.32. The fourth-order valence-corrected chi connectivity index (χ4v) is 3.97. The highest BCUT2D eigenvalue weighted by molar-refractivity contribution is 6.07. The fraction of sp³-hybridized carbons (Fsp3) is 0.280. The Morgan fingerprint density at radius 1 is 0.897 bits per heavy atom. The number of piperidine rings is 1. The molecule has 1 aliphatic rings. The van der Waals surface area contributed by atoms with Crippen LogP contribution in [-0.2, 0) is 0 Å². The van der Waals surface area contributed by atoms with Crippen LogP contribution in [0.15, 0.2) is 60.7 Å². The molecule has 3 aromatic rings. The second kappa shape index (κ2) is 8.08. The molecule has 0 aliphatic carbocycles. The molecular weight excluding hydrogens is 360 g/mol. The van der Waals surface area contributed by atoms with Crippen molar-refractivity contribution in [2.24, 2.45) is 0 Å². The van der Waals surface area contributed by atoms with E-state index in [1.165, 1.54) is 5.56 Å². The van der Waals surface area contributed by atoms with Crippen LogP contribution >= 0.6 is 0 Å². The van der Waals surface area contributed by atoms with Crippen LogP contribution in [0, 0.1) is 13.8 Å². The molecule has 148 valence electrons. The minimum absolute atomic E-state index is 0.0410. The summed E-state index contributed by atoms with van der Waals surface area (Å²) < 4.78 is 0. The summed E-state index contributed by atoms with van der Waals surface area (Å²) in [6, 6.07) is 19.7. The van der Waals surface area contributed by atoms with Crippen LogP contribution in [0.25, 0.3) is 10.8 Å². The first-order valence-corrected chi connectivity index (χ1v) is 10.2. The average molecular weight is 386 g/mol. The third kappa shape index (κ3) is 4.02. The van der Waals surface area contributed by atoms with Crippen LogP contribution in [0.2, 0.25) is 0 Å². The van der Waals surface area contributed by atoms with Crippen LogP contribution in [0.1, 0.15) is 44.7 Å². The number of carbonyl (C=O) groups excluding carboxylic acids is 2. The number of amides is 2. The zero-order valence-electron chi connectivity index (χ0n) is 16.9. The van der Waals surface area contributed by atoms with Gasteiger partial charge >= 0.3 is 0 Å². The number of hydrogen-bond acceptors (Lipinski definition) is 2. The maximum atomic E-state index is 12.8. The van der Waals surface area contributed by atoms with E-state index in [0.717, 1.165) is 34.7 Å². The average Bonchev–Trinajstić information content (AvgIpc) is 2.75. The summed E-state index contributed by atoms with van der Waals surface area (Å²) in [4.78, 5) is 27.5. The Balaban J connectivity index is 1.39. The minimum Gasteiger partial charge on any atom is -0.349 e. The maximum Gasteiger partial charge on any atom is 0.253 e. The van der Waals surface area contributed by atoms with Gasteiger partial charge in [0.25, 0.3) is 11.8 Å². The summed E-state index contributed by atoms with van der Waals surface area (Å²) in [5.74, 6) is 0.0349. The van der Waals surface area contributed by atoms with Crippen LogP contribution in [0.5, 0.6) is 0 Å². The number of nitrogens with one attached hydrogen (secondary N) is 1. The lowest BCUT2D eigenvalue weighted by Crippen LogP contribution is -2.46. The Labute approximate surface area is 171 Å². The van der Waals surface area contributed by atoms with E-state index in [0.29, 0.717) is 18.7 Å². The Hall–Kier alpha value is -3.14. The van der Waals surface area contributed by atoms with Crippen molar-refractivity contribution in [2.75, 3.05) is 13.1 Å². The summed E-state index contributed by atoms with van der Waals surface area (Å²) in [6.45, 7) is 5.40. The third-order valence-electron chi connectivity index (χ3n) is 5.91. The van der Waals surface area contributed by atoms with Gasteiger partial charge in [-0.3, -0.25) is 9.59 Å². The lowest BCUT2D eigenvalue weighted by atomic mass is 10.0. The van der Waals surface area contributed by atoms with Crippen molar-refractivity contribution in [2.45, 2.75) is 32.7 Å². The molecule has 4 nitrogen and oxygen atoms in total. The van der Waals surface area contributed by atoms with Crippen LogP contribution in [0.3, 0.4) is 0 Å². The summed E-state index contributed by atoms with van der Waals surface area (Å²) in [5, 5.41) is 5.20. The van der Waals surface area contributed by atoms with E-state index in [-0.39, 0.29) is 17.9 Å². The summed E-state index contributed by atoms with van der Waals surface area (Å²) >= 11 is 0. The van der Waals surface area contributed by atoms with Crippen molar-refractivity contribution in [1.82, 2.24) is 10.2 Å². The number of fused-ring (bicyclic) bond motifs is 1. The number of nitrogens with zero attached hydrogens (tertiary/aromatic N) is 1. The molecule has 0 saturated carbocycles. The first-order chi connectivity index (χ1) is 14.0. The second-order valence-electron chi connectivity index (χ2n) is 7.87. The molecule has 29 heavy (non-hydrogen) atoms. The van der Waals surface area contributed by atoms with Gasteiger partial charge in [-0.1, -0.05) is 42.5 Å². The molecule has 0 spiro atoms. The number of carbonyl (C=O) groups is 2. The Morgan fingerprint density at radius 2 is 1.62 bits per heavy atom. The normalized spacial score (nSPS) is 14.8. The number of likely N-dealkylation sites (tertiary alicyclic amines) is 1. The topological polar surface area (TPSA) is 49.4 Å². The first kappa shape index (κ1) is 19.2. The molecule has 2 amide bonds. The minimum atomic E-state index is -0.0410. The van der Waals surface area contributed by atoms with Crippen LogP contribution in [-0.4, -0.2) is 35.8 Å². The van der Waals surface area contributed by atoms with Gasteiger partial charge < -0.3 is 10.2 Å². The van der Waals surface area contributed by atoms with E-state index in [1.54, 1.807) is 0 Å². The fourth-order valence-electron chi connectivity index (χ4n) is 3.97. The molecule has 0 aromatic heterocycles. The van der Waals surface area contributed by atoms with Gasteiger partial charge in [0.05, 0.1) is 0 Å². The quantitative estimate of drug-likeness (QED) is 0.721. The number of rotatable bonds is 3. The van der Waals surface area contributed by atoms with E-state index in [1.807, 2.05) is 79.4 Å². The largest absolute Gasteiger partial charge is 0.349 e. The highest BCUT2D eigenvalue weighted by atomic mass is 16.2. The van der Waals surface area contributed by atoms with E-state index in [9.17, 15) is 9.59 Å². The molecule has 1 saturated heterocycles. The molecule has 4 heteroatoms. The number of aryl methyl sites for hydroxylation is 2. The van der Waals surface area contributed by atoms with Crippen molar-refractivity contribution in [3.63, 3.8) is 0 Å². The van der Waals surface area contributed by atoms with E-state index in [4.69, 9.17) is 0 Å². The van der Waals surface area contributed by atoms with Gasteiger partial charge in [0.2, 0.25) is 0 Å². The SMILES string of the molecule is Cc1ccc(C(=O)N2CCC(NC(=O)c3cccc4ccccc34)CC2)cc1C. The molecule has 1 heterocycles. The Kier molecular flexibility index (Phi) is 5.34. The maximum absolute atomic E-state index is 12.8. The van der Waals surface area contributed by atoms with Gasteiger partial charge in [-0.25, -0.2) is 0 Å². The monoisotopic (exact) mass is 386 g/mol. The molecular formula is C25H26N2O2. The summed E-state index contributed by atoms with van der Waals surface area (Å²) in [6.07, 6.45) is 1.54. The van der Waals surface area contributed by atoms with E-state index >= 15 is 0 Å². The number of benzene rings is 3. The smallest absolute Gasteiger partial charge is 0.253 e. The molecule has 3 aromatic carbocycles. The number of hydrogen-bond donors (Lipinski definition) is 1. The van der Waals surface area contributed by atoms with Crippen molar-refractivity contribution in [1.29, 1.82) is 0 Å². The summed E-state index contributed by atoms with van der Waals surface area (Å²) in [7, 11) is 0. The Bertz CT molecular complexity index is 1060. The molecule has 0 atom stereocenters. The standard InChI is InChI=1S/C25H26N2O2/c1-17-10-11-20(16-18(17)2)25(29)27-14-12-21(13-15-27)26-24(28)23-9-5-7-19-6-3-4-8-22(19)23/h3-11,16,21H,12-15H2,1-2H3,(H,26,28). The van der Waals surface area contributed by atoms with Gasteiger partial charge in [-0.05, 0) is 66.8 Å². The van der Waals surface area contributed by atoms with Gasteiger partial charge in [-0.2, -0.15) is 0 Å². The Morgan fingerprint density at radius 3 is 2.38 bits per heavy atom. The zero-order valence-corrected chi connectivity index (χ0v) is 16.9. The molecule has 1 fully saturated rings. The van der Waals surface area contributed by atoms with Crippen LogP contribution in [0.4, 0.5) is 0 Å². The van der Waals surface area contributed by atoms with Crippen molar-refractivity contribution < 1.29 is 9.59 Å². The van der Waals surface area contributed by atoms with Gasteiger partial charge in [0, 0.05) is 30.3 Å². The van der Waals surface area contributed by atoms with Crippen molar-refractivity contribution >= 4 is 22.6 Å². The van der Waals surface area contributed by atoms with E-state index < -0.39 is 0 Å². The summed E-state index contributed by atoms with van der Waals surface area (Å²) in [5.41, 5.74) is 3.77. The molecule has 1 N–H and O–H groups in total. The third-order valence-corrected chi connectivity index (χ3v) is 5.91. The highest BCUT2D eigenvalue weighted by Gasteiger charge is 2.25. The zero-order chi connectivity index (χ0) is 20.4. The van der Waals surface area contributed by atoms with Crippen molar-refractivity contribution in [3.05, 3.63) is 82.9 Å². The molecule has 0 unspecified atom stereocenters. The van der Waals surface area contributed by atoms with E-state index in [2.05, 4.69) is 5.32 Å². The lowest BCUT2D eigenvalue weighted by molar-refractivity contribution is 0.0698. The van der Waals surface area contributed by atoms with Gasteiger partial charge in [0.1, 0.15) is 0 Å². The molecule has 0 radical (unpaired) electrons. The molecule has 1 aliphatic heterocycles. The van der Waals surface area contributed by atoms with Crippen LogP contribution < -0.4 is 5.32 Å². The van der Waals surface area contributed by atoms with Gasteiger partial charge in [0.15, 0.2) is 0 Å². The molecule has 4 rings (SSSR count). The predicted octanol–water partition coefficient (Wildman–Crippen LogP) is 4.49. The predicted molar refractivity (Wildman–Crippen MR) is 116 cm³/mol. The second-order valence-corrected chi connectivity index (χ2v) is 7.87. The van der Waals surface area contributed by atoms with Crippen molar-refractivity contribution in [3.8, 4) is 0 Å². The van der Waals surface area contributed by atoms with Gasteiger partial charge in [-0.15, -0.1) is 0 Å². The highest BCUT2D eigenvalue weighted by Crippen LogP contribution is 2.20.